The number of benzene rings is 1. The van der Waals surface area contributed by atoms with E-state index in [-0.39, 0.29) is 5.91 Å². The molecule has 1 atom stereocenters. The first-order valence-electron chi connectivity index (χ1n) is 6.67. The maximum atomic E-state index is 11.8. The predicted octanol–water partition coefficient (Wildman–Crippen LogP) is 2.32. The van der Waals surface area contributed by atoms with Gasteiger partial charge in [0.2, 0.25) is 5.91 Å². The number of amides is 1. The van der Waals surface area contributed by atoms with Gasteiger partial charge in [-0.3, -0.25) is 4.79 Å². The van der Waals surface area contributed by atoms with Crippen LogP contribution in [0.25, 0.3) is 0 Å². The number of anilines is 1. The van der Waals surface area contributed by atoms with Crippen LogP contribution in [0.2, 0.25) is 0 Å². The second-order valence-electron chi connectivity index (χ2n) is 4.68. The number of allylic oxidation sites excluding steroid dienone is 2. The molecular weight excluding hydrogens is 240 g/mol. The fourth-order valence-electron chi connectivity index (χ4n) is 2.13. The molecule has 1 aromatic rings. The van der Waals surface area contributed by atoms with Gasteiger partial charge < -0.3 is 15.8 Å². The molecule has 1 aliphatic rings. The van der Waals surface area contributed by atoms with Crippen molar-refractivity contribution in [3.8, 4) is 5.75 Å². The molecule has 4 nitrogen and oxygen atoms in total. The molecule has 0 aliphatic heterocycles. The van der Waals surface area contributed by atoms with E-state index < -0.39 is 0 Å². The Morgan fingerprint density at radius 3 is 2.79 bits per heavy atom. The van der Waals surface area contributed by atoms with Crippen molar-refractivity contribution in [1.82, 2.24) is 0 Å². The number of carbonyl (C=O) groups is 1. The molecule has 0 saturated carbocycles. The van der Waals surface area contributed by atoms with Gasteiger partial charge in [-0.25, -0.2) is 0 Å². The Labute approximate surface area is 113 Å². The summed E-state index contributed by atoms with van der Waals surface area (Å²) in [7, 11) is 0. The van der Waals surface area contributed by atoms with Crippen LogP contribution in [0.1, 0.15) is 19.3 Å². The molecule has 0 spiro atoms. The highest BCUT2D eigenvalue weighted by molar-refractivity contribution is 5.91. The molecule has 0 radical (unpaired) electrons. The van der Waals surface area contributed by atoms with Crippen molar-refractivity contribution in [2.24, 2.45) is 11.7 Å². The van der Waals surface area contributed by atoms with Crippen molar-refractivity contribution >= 4 is 11.6 Å². The molecule has 0 bridgehead atoms. The molecule has 1 amide bonds. The lowest BCUT2D eigenvalue weighted by atomic mass is 10.1. The first kappa shape index (κ1) is 13.6. The molecule has 1 unspecified atom stereocenters. The normalized spacial score (nSPS) is 17.4. The molecule has 4 heteroatoms. The summed E-state index contributed by atoms with van der Waals surface area (Å²) in [6.45, 7) is 0.993. The highest BCUT2D eigenvalue weighted by Gasteiger charge is 2.13. The zero-order valence-corrected chi connectivity index (χ0v) is 11.0. The third-order valence-electron chi connectivity index (χ3n) is 3.08. The Balaban J connectivity index is 1.81. The van der Waals surface area contributed by atoms with Gasteiger partial charge >= 0.3 is 0 Å². The Bertz CT molecular complexity index is 440. The fourth-order valence-corrected chi connectivity index (χ4v) is 2.13. The zero-order valence-electron chi connectivity index (χ0n) is 11.0. The Morgan fingerprint density at radius 1 is 1.37 bits per heavy atom. The van der Waals surface area contributed by atoms with E-state index in [1.54, 1.807) is 0 Å². The minimum Gasteiger partial charge on any atom is -0.492 e. The second kappa shape index (κ2) is 6.95. The molecule has 19 heavy (non-hydrogen) atoms. The van der Waals surface area contributed by atoms with Crippen molar-refractivity contribution in [2.45, 2.75) is 19.3 Å². The summed E-state index contributed by atoms with van der Waals surface area (Å²) < 4.78 is 5.38. The van der Waals surface area contributed by atoms with Gasteiger partial charge in [-0.2, -0.15) is 0 Å². The standard InChI is InChI=1S/C15H20N2O2/c16-9-10-19-14-7-5-13(6-8-14)17-15(18)11-12-3-1-2-4-12/h1,3,5-8,12H,2,4,9-11,16H2,(H,17,18). The van der Waals surface area contributed by atoms with E-state index in [0.717, 1.165) is 24.3 Å². The summed E-state index contributed by atoms with van der Waals surface area (Å²) in [6, 6.07) is 7.35. The predicted molar refractivity (Wildman–Crippen MR) is 76.1 cm³/mol. The fraction of sp³-hybridized carbons (Fsp3) is 0.400. The zero-order chi connectivity index (χ0) is 13.5. The average Bonchev–Trinajstić information content (AvgIpc) is 2.90. The van der Waals surface area contributed by atoms with Crippen LogP contribution in [0.5, 0.6) is 5.75 Å². The van der Waals surface area contributed by atoms with E-state index in [0.29, 0.717) is 25.5 Å². The molecule has 3 N–H and O–H groups in total. The van der Waals surface area contributed by atoms with Crippen LogP contribution in [0.4, 0.5) is 5.69 Å². The number of hydrogen-bond acceptors (Lipinski definition) is 3. The van der Waals surface area contributed by atoms with E-state index in [4.69, 9.17) is 10.5 Å². The Kier molecular flexibility index (Phi) is 4.98. The number of nitrogens with one attached hydrogen (secondary N) is 1. The Hall–Kier alpha value is -1.81. The SMILES string of the molecule is NCCOc1ccc(NC(=O)CC2C=CCC2)cc1. The summed E-state index contributed by atoms with van der Waals surface area (Å²) in [5.74, 6) is 1.22. The van der Waals surface area contributed by atoms with Gasteiger partial charge in [-0.1, -0.05) is 12.2 Å². The van der Waals surface area contributed by atoms with Crippen LogP contribution in [-0.2, 0) is 4.79 Å². The third-order valence-corrected chi connectivity index (χ3v) is 3.08. The van der Waals surface area contributed by atoms with Crippen LogP contribution in [0.15, 0.2) is 36.4 Å². The van der Waals surface area contributed by atoms with Gasteiger partial charge in [0, 0.05) is 18.7 Å². The molecule has 1 aliphatic carbocycles. The van der Waals surface area contributed by atoms with Crippen LogP contribution in [-0.4, -0.2) is 19.1 Å². The van der Waals surface area contributed by atoms with Crippen LogP contribution in [0, 0.1) is 5.92 Å². The molecule has 0 saturated heterocycles. The largest absolute Gasteiger partial charge is 0.492 e. The van der Waals surface area contributed by atoms with E-state index in [1.807, 2.05) is 24.3 Å². The van der Waals surface area contributed by atoms with Crippen molar-refractivity contribution in [3.05, 3.63) is 36.4 Å². The summed E-state index contributed by atoms with van der Waals surface area (Å²) in [6.07, 6.45) is 7.00. The number of ether oxygens (including phenoxy) is 1. The second-order valence-corrected chi connectivity index (χ2v) is 4.68. The molecule has 0 fully saturated rings. The van der Waals surface area contributed by atoms with Crippen LogP contribution in [0.3, 0.4) is 0 Å². The van der Waals surface area contributed by atoms with Gasteiger partial charge in [0.25, 0.3) is 0 Å². The Morgan fingerprint density at radius 2 is 2.16 bits per heavy atom. The van der Waals surface area contributed by atoms with Crippen LogP contribution >= 0.6 is 0 Å². The third kappa shape index (κ3) is 4.41. The van der Waals surface area contributed by atoms with Gasteiger partial charge in [0.05, 0.1) is 0 Å². The summed E-state index contributed by atoms with van der Waals surface area (Å²) in [5.41, 5.74) is 6.16. The molecule has 0 heterocycles. The summed E-state index contributed by atoms with van der Waals surface area (Å²) in [5, 5.41) is 2.90. The average molecular weight is 260 g/mol. The maximum Gasteiger partial charge on any atom is 0.224 e. The van der Waals surface area contributed by atoms with Gasteiger partial charge in [0.15, 0.2) is 0 Å². The lowest BCUT2D eigenvalue weighted by molar-refractivity contribution is -0.116. The lowest BCUT2D eigenvalue weighted by Crippen LogP contribution is -2.14. The molecule has 0 aromatic heterocycles. The van der Waals surface area contributed by atoms with Crippen molar-refractivity contribution < 1.29 is 9.53 Å². The van der Waals surface area contributed by atoms with Gasteiger partial charge in [-0.15, -0.1) is 0 Å². The van der Waals surface area contributed by atoms with Crippen molar-refractivity contribution in [1.29, 1.82) is 0 Å². The lowest BCUT2D eigenvalue weighted by Gasteiger charge is -2.09. The van der Waals surface area contributed by atoms with E-state index in [9.17, 15) is 4.79 Å². The van der Waals surface area contributed by atoms with Gasteiger partial charge in [-0.05, 0) is 43.0 Å². The molecule has 1 aromatic carbocycles. The van der Waals surface area contributed by atoms with Crippen molar-refractivity contribution in [3.63, 3.8) is 0 Å². The quantitative estimate of drug-likeness (QED) is 0.771. The minimum absolute atomic E-state index is 0.0622. The topological polar surface area (TPSA) is 64.3 Å². The van der Waals surface area contributed by atoms with E-state index in [2.05, 4.69) is 17.5 Å². The van der Waals surface area contributed by atoms with E-state index in [1.165, 1.54) is 0 Å². The summed E-state index contributed by atoms with van der Waals surface area (Å²) in [4.78, 5) is 11.8. The van der Waals surface area contributed by atoms with E-state index >= 15 is 0 Å². The van der Waals surface area contributed by atoms with Crippen molar-refractivity contribution in [2.75, 3.05) is 18.5 Å². The highest BCUT2D eigenvalue weighted by Crippen LogP contribution is 2.21. The highest BCUT2D eigenvalue weighted by atomic mass is 16.5. The maximum absolute atomic E-state index is 11.8. The smallest absolute Gasteiger partial charge is 0.224 e. The number of rotatable bonds is 6. The van der Waals surface area contributed by atoms with Crippen LogP contribution < -0.4 is 15.8 Å². The molecular formula is C15H20N2O2. The first-order valence-corrected chi connectivity index (χ1v) is 6.67. The number of hydrogen-bond donors (Lipinski definition) is 2. The number of nitrogens with two attached hydrogens (primary N) is 1. The minimum atomic E-state index is 0.0622. The first-order chi connectivity index (χ1) is 9.28. The number of carbonyl (C=O) groups excluding carboxylic acids is 1. The summed E-state index contributed by atoms with van der Waals surface area (Å²) >= 11 is 0. The van der Waals surface area contributed by atoms with Gasteiger partial charge in [0.1, 0.15) is 12.4 Å². The monoisotopic (exact) mass is 260 g/mol. The molecule has 2 rings (SSSR count). The molecule has 102 valence electrons.